The summed E-state index contributed by atoms with van der Waals surface area (Å²) in [5.41, 5.74) is -0.391. The van der Waals surface area contributed by atoms with Crippen molar-refractivity contribution in [2.45, 2.75) is 51.7 Å². The summed E-state index contributed by atoms with van der Waals surface area (Å²) in [7, 11) is 0. The summed E-state index contributed by atoms with van der Waals surface area (Å²) < 4.78 is 47.6. The third-order valence-corrected chi connectivity index (χ3v) is 5.76. The first-order chi connectivity index (χ1) is 14.6. The maximum Gasteiger partial charge on any atom is 0.435 e. The molecule has 2 heterocycles. The average Bonchev–Trinajstić information content (AvgIpc) is 3.07. The zero-order valence-electron chi connectivity index (χ0n) is 17.3. The number of nitrogens with zero attached hydrogens (tertiary/aromatic N) is 3. The number of halogens is 3. The van der Waals surface area contributed by atoms with Gasteiger partial charge in [-0.1, -0.05) is 13.8 Å². The van der Waals surface area contributed by atoms with Crippen molar-refractivity contribution in [1.82, 2.24) is 9.78 Å². The highest BCUT2D eigenvalue weighted by atomic mass is 19.4. The van der Waals surface area contributed by atoms with Crippen molar-refractivity contribution in [3.63, 3.8) is 0 Å². The summed E-state index contributed by atoms with van der Waals surface area (Å²) in [6.07, 6.45) is -2.86. The van der Waals surface area contributed by atoms with Crippen LogP contribution in [0.1, 0.15) is 60.4 Å². The number of hydrogen-bond donors (Lipinski definition) is 1. The number of ketones is 1. The van der Waals surface area contributed by atoms with E-state index in [1.165, 1.54) is 4.68 Å². The molecule has 0 radical (unpaired) electrons. The van der Waals surface area contributed by atoms with Gasteiger partial charge < -0.3 is 10.1 Å². The minimum Gasteiger partial charge on any atom is -0.381 e. The summed E-state index contributed by atoms with van der Waals surface area (Å²) in [6, 6.07) is 6.98. The predicted molar refractivity (Wildman–Crippen MR) is 107 cm³/mol. The van der Waals surface area contributed by atoms with Crippen molar-refractivity contribution in [1.29, 1.82) is 5.26 Å². The molecule has 164 valence electrons. The highest BCUT2D eigenvalue weighted by Crippen LogP contribution is 2.42. The van der Waals surface area contributed by atoms with Gasteiger partial charge in [-0.2, -0.15) is 23.5 Å². The Labute approximate surface area is 178 Å². The molecule has 1 fully saturated rings. The molecule has 1 N–H and O–H groups in total. The second-order valence-corrected chi connectivity index (χ2v) is 8.89. The van der Waals surface area contributed by atoms with Gasteiger partial charge in [-0.3, -0.25) is 4.79 Å². The standard InChI is InChI=1S/C22H23F3N4O2/c1-21(2)10-17-19(18(30)11-21)20(22(23,24)25)28-29(17)15-4-3-13(12-26)16(9-15)27-14-5-7-31-8-6-14/h3-4,9,14,27H,5-8,10-11H2,1-2H3. The van der Waals surface area contributed by atoms with Gasteiger partial charge in [0.05, 0.1) is 28.2 Å². The Morgan fingerprint density at radius 1 is 1.26 bits per heavy atom. The summed E-state index contributed by atoms with van der Waals surface area (Å²) >= 11 is 0. The molecule has 4 rings (SSSR count). The van der Waals surface area contributed by atoms with Gasteiger partial charge >= 0.3 is 6.18 Å². The van der Waals surface area contributed by atoms with E-state index in [0.29, 0.717) is 36.6 Å². The smallest absolute Gasteiger partial charge is 0.381 e. The van der Waals surface area contributed by atoms with E-state index in [0.717, 1.165) is 12.8 Å². The van der Waals surface area contributed by atoms with Crippen LogP contribution in [-0.4, -0.2) is 34.8 Å². The zero-order valence-corrected chi connectivity index (χ0v) is 17.3. The largest absolute Gasteiger partial charge is 0.435 e. The van der Waals surface area contributed by atoms with Crippen molar-refractivity contribution in [2.75, 3.05) is 18.5 Å². The molecule has 0 amide bonds. The van der Waals surface area contributed by atoms with E-state index >= 15 is 0 Å². The summed E-state index contributed by atoms with van der Waals surface area (Å²) in [4.78, 5) is 12.6. The van der Waals surface area contributed by atoms with Crippen molar-refractivity contribution >= 4 is 11.5 Å². The Morgan fingerprint density at radius 3 is 2.61 bits per heavy atom. The number of nitriles is 1. The van der Waals surface area contributed by atoms with Crippen LogP contribution in [0.4, 0.5) is 18.9 Å². The van der Waals surface area contributed by atoms with Crippen LogP contribution in [0.2, 0.25) is 0 Å². The molecule has 0 saturated carbocycles. The molecule has 1 aromatic carbocycles. The van der Waals surface area contributed by atoms with Gasteiger partial charge in [0.15, 0.2) is 11.5 Å². The molecule has 1 aromatic heterocycles. The fraction of sp³-hybridized carbons (Fsp3) is 0.500. The maximum atomic E-state index is 13.7. The lowest BCUT2D eigenvalue weighted by atomic mass is 9.75. The molecule has 0 unspecified atom stereocenters. The normalized spacial score (nSPS) is 19.0. The van der Waals surface area contributed by atoms with Crippen LogP contribution < -0.4 is 5.32 Å². The van der Waals surface area contributed by atoms with E-state index < -0.39 is 23.1 Å². The highest BCUT2D eigenvalue weighted by Gasteiger charge is 2.45. The first-order valence-corrected chi connectivity index (χ1v) is 10.2. The fourth-order valence-corrected chi connectivity index (χ4v) is 4.30. The molecule has 6 nitrogen and oxygen atoms in total. The number of benzene rings is 1. The van der Waals surface area contributed by atoms with Gasteiger partial charge in [-0.05, 0) is 42.9 Å². The van der Waals surface area contributed by atoms with E-state index in [1.807, 2.05) is 13.8 Å². The third-order valence-electron chi connectivity index (χ3n) is 5.76. The number of fused-ring (bicyclic) bond motifs is 1. The second kappa shape index (κ2) is 7.68. The van der Waals surface area contributed by atoms with Crippen molar-refractivity contribution in [3.8, 4) is 11.8 Å². The number of carbonyl (C=O) groups is 1. The third kappa shape index (κ3) is 4.17. The van der Waals surface area contributed by atoms with Crippen LogP contribution in [0.25, 0.3) is 5.69 Å². The Hall–Kier alpha value is -2.86. The number of carbonyl (C=O) groups excluding carboxylic acids is 1. The lowest BCUT2D eigenvalue weighted by Crippen LogP contribution is -2.29. The van der Waals surface area contributed by atoms with Crippen molar-refractivity contribution in [2.24, 2.45) is 5.41 Å². The number of ether oxygens (including phenoxy) is 1. The fourth-order valence-electron chi connectivity index (χ4n) is 4.30. The molecular weight excluding hydrogens is 409 g/mol. The second-order valence-electron chi connectivity index (χ2n) is 8.89. The topological polar surface area (TPSA) is 79.9 Å². The first-order valence-electron chi connectivity index (χ1n) is 10.2. The number of hydrogen-bond acceptors (Lipinski definition) is 5. The van der Waals surface area contributed by atoms with Crippen LogP contribution in [0.5, 0.6) is 0 Å². The van der Waals surface area contributed by atoms with Crippen LogP contribution in [0.3, 0.4) is 0 Å². The van der Waals surface area contributed by atoms with E-state index in [4.69, 9.17) is 4.74 Å². The number of rotatable bonds is 3. The Morgan fingerprint density at radius 2 is 1.97 bits per heavy atom. The van der Waals surface area contributed by atoms with Gasteiger partial charge in [0.25, 0.3) is 0 Å². The van der Waals surface area contributed by atoms with E-state index in [2.05, 4.69) is 16.5 Å². The SMILES string of the molecule is CC1(C)CC(=O)c2c(C(F)(F)F)nn(-c3ccc(C#N)c(NC4CCOCC4)c3)c2C1. The Balaban J connectivity index is 1.82. The number of Topliss-reactive ketones (excluding diaryl/α,β-unsaturated/α-hetero) is 1. The molecule has 9 heteroatoms. The molecule has 1 aliphatic heterocycles. The number of alkyl halides is 3. The molecule has 0 atom stereocenters. The molecule has 31 heavy (non-hydrogen) atoms. The van der Waals surface area contributed by atoms with Gasteiger partial charge in [0, 0.05) is 25.7 Å². The quantitative estimate of drug-likeness (QED) is 0.772. The molecule has 2 aliphatic rings. The number of anilines is 1. The summed E-state index contributed by atoms with van der Waals surface area (Å²) in [5, 5.41) is 16.6. The highest BCUT2D eigenvalue weighted by molar-refractivity contribution is 6.00. The minimum atomic E-state index is -4.73. The Bertz CT molecular complexity index is 1060. The molecule has 0 spiro atoms. The van der Waals surface area contributed by atoms with Crippen LogP contribution >= 0.6 is 0 Å². The lowest BCUT2D eigenvalue weighted by molar-refractivity contribution is -0.141. The average molecular weight is 432 g/mol. The lowest BCUT2D eigenvalue weighted by Gasteiger charge is -2.29. The monoisotopic (exact) mass is 432 g/mol. The predicted octanol–water partition coefficient (Wildman–Crippen LogP) is 4.51. The van der Waals surface area contributed by atoms with Crippen LogP contribution in [0.15, 0.2) is 18.2 Å². The van der Waals surface area contributed by atoms with Gasteiger partial charge in [0.1, 0.15) is 6.07 Å². The zero-order chi connectivity index (χ0) is 22.4. The van der Waals surface area contributed by atoms with Crippen molar-refractivity contribution in [3.05, 3.63) is 40.7 Å². The van der Waals surface area contributed by atoms with Gasteiger partial charge in [0.2, 0.25) is 0 Å². The minimum absolute atomic E-state index is 0.0404. The molecule has 2 aromatic rings. The van der Waals surface area contributed by atoms with E-state index in [1.54, 1.807) is 18.2 Å². The van der Waals surface area contributed by atoms with Gasteiger partial charge in [-0.25, -0.2) is 4.68 Å². The number of aromatic nitrogens is 2. The first kappa shape index (κ1) is 21.4. The Kier molecular flexibility index (Phi) is 5.30. The van der Waals surface area contributed by atoms with E-state index in [-0.39, 0.29) is 23.7 Å². The summed E-state index contributed by atoms with van der Waals surface area (Å²) in [5.74, 6) is -0.543. The molecule has 0 bridgehead atoms. The molecule has 1 saturated heterocycles. The van der Waals surface area contributed by atoms with E-state index in [9.17, 15) is 23.2 Å². The summed E-state index contributed by atoms with van der Waals surface area (Å²) in [6.45, 7) is 4.93. The van der Waals surface area contributed by atoms with Crippen LogP contribution in [0, 0.1) is 16.7 Å². The van der Waals surface area contributed by atoms with Crippen molar-refractivity contribution < 1.29 is 22.7 Å². The molecule has 1 aliphatic carbocycles. The molecular formula is C22H23F3N4O2. The number of nitrogens with one attached hydrogen (secondary N) is 1. The van der Waals surface area contributed by atoms with Gasteiger partial charge in [-0.15, -0.1) is 0 Å². The van der Waals surface area contributed by atoms with Crippen LogP contribution in [-0.2, 0) is 17.3 Å². The maximum absolute atomic E-state index is 13.7.